The van der Waals surface area contributed by atoms with Crippen molar-refractivity contribution in [3.05, 3.63) is 71.1 Å². The zero-order chi connectivity index (χ0) is 17.2. The van der Waals surface area contributed by atoms with Crippen LogP contribution in [0.1, 0.15) is 27.9 Å². The molecule has 0 saturated heterocycles. The minimum absolute atomic E-state index is 0.710. The largest absolute Gasteiger partial charge is 0.294 e. The van der Waals surface area contributed by atoms with Crippen molar-refractivity contribution in [1.29, 1.82) is 0 Å². The Morgan fingerprint density at radius 2 is 1.92 bits per heavy atom. The molecule has 5 nitrogen and oxygen atoms in total. The van der Waals surface area contributed by atoms with Crippen LogP contribution in [0.5, 0.6) is 0 Å². The molecule has 25 heavy (non-hydrogen) atoms. The highest BCUT2D eigenvalue weighted by Gasteiger charge is 2.19. The van der Waals surface area contributed by atoms with E-state index in [9.17, 15) is 0 Å². The van der Waals surface area contributed by atoms with Crippen molar-refractivity contribution in [2.45, 2.75) is 33.4 Å². The van der Waals surface area contributed by atoms with Gasteiger partial charge in [0.15, 0.2) is 5.82 Å². The summed E-state index contributed by atoms with van der Waals surface area (Å²) >= 11 is 0. The SMILES string of the molecule is Cc1ccc(C)c(CN2CCc3nc(-c4cncnc4)ncc3C2)c1. The van der Waals surface area contributed by atoms with Gasteiger partial charge in [0.05, 0.1) is 11.3 Å². The highest BCUT2D eigenvalue weighted by atomic mass is 15.1. The van der Waals surface area contributed by atoms with Gasteiger partial charge in [-0.3, -0.25) is 4.90 Å². The van der Waals surface area contributed by atoms with Crippen LogP contribution in [0.3, 0.4) is 0 Å². The first kappa shape index (κ1) is 15.8. The van der Waals surface area contributed by atoms with Gasteiger partial charge in [0.25, 0.3) is 0 Å². The maximum absolute atomic E-state index is 4.74. The van der Waals surface area contributed by atoms with Gasteiger partial charge in [-0.1, -0.05) is 23.8 Å². The quantitative estimate of drug-likeness (QED) is 0.738. The Kier molecular flexibility index (Phi) is 4.24. The third kappa shape index (κ3) is 3.42. The molecule has 4 rings (SSSR count). The number of aromatic nitrogens is 4. The Labute approximate surface area is 147 Å². The van der Waals surface area contributed by atoms with Gasteiger partial charge in [0.2, 0.25) is 0 Å². The fourth-order valence-corrected chi connectivity index (χ4v) is 3.27. The van der Waals surface area contributed by atoms with Crippen molar-refractivity contribution in [1.82, 2.24) is 24.8 Å². The van der Waals surface area contributed by atoms with Gasteiger partial charge in [-0.05, 0) is 25.0 Å². The monoisotopic (exact) mass is 331 g/mol. The molecule has 126 valence electrons. The van der Waals surface area contributed by atoms with Gasteiger partial charge in [0.1, 0.15) is 6.33 Å². The van der Waals surface area contributed by atoms with E-state index >= 15 is 0 Å². The number of hydrogen-bond donors (Lipinski definition) is 0. The van der Waals surface area contributed by atoms with E-state index in [1.807, 2.05) is 6.20 Å². The van der Waals surface area contributed by atoms with Crippen LogP contribution >= 0.6 is 0 Å². The molecular weight excluding hydrogens is 310 g/mol. The van der Waals surface area contributed by atoms with Crippen LogP contribution < -0.4 is 0 Å². The normalized spacial score (nSPS) is 14.3. The lowest BCUT2D eigenvalue weighted by Crippen LogP contribution is -2.31. The number of nitrogens with zero attached hydrogens (tertiary/aromatic N) is 5. The topological polar surface area (TPSA) is 54.8 Å². The summed E-state index contributed by atoms with van der Waals surface area (Å²) in [6.07, 6.45) is 7.94. The standard InChI is InChI=1S/C20H21N5/c1-14-3-4-15(2)16(7-14)11-25-6-5-19-18(12-25)10-23-20(24-19)17-8-21-13-22-9-17/h3-4,7-10,13H,5-6,11-12H2,1-2H3. The number of rotatable bonds is 3. The fourth-order valence-electron chi connectivity index (χ4n) is 3.27. The lowest BCUT2D eigenvalue weighted by molar-refractivity contribution is 0.242. The maximum atomic E-state index is 4.74. The molecule has 3 heterocycles. The molecule has 3 aromatic rings. The summed E-state index contributed by atoms with van der Waals surface area (Å²) in [7, 11) is 0. The minimum Gasteiger partial charge on any atom is -0.294 e. The predicted octanol–water partition coefficient (Wildman–Crippen LogP) is 3.11. The molecule has 1 aliphatic heterocycles. The highest BCUT2D eigenvalue weighted by Crippen LogP contribution is 2.22. The molecule has 1 aliphatic rings. The first-order valence-electron chi connectivity index (χ1n) is 8.58. The Morgan fingerprint density at radius 1 is 1.08 bits per heavy atom. The lowest BCUT2D eigenvalue weighted by Gasteiger charge is -2.28. The summed E-state index contributed by atoms with van der Waals surface area (Å²) in [5.74, 6) is 0.710. The molecule has 0 amide bonds. The molecule has 0 unspecified atom stereocenters. The van der Waals surface area contributed by atoms with Crippen molar-refractivity contribution >= 4 is 0 Å². The van der Waals surface area contributed by atoms with E-state index in [1.54, 1.807) is 12.4 Å². The van der Waals surface area contributed by atoms with E-state index in [-0.39, 0.29) is 0 Å². The Balaban J connectivity index is 1.53. The van der Waals surface area contributed by atoms with Gasteiger partial charge in [-0.15, -0.1) is 0 Å². The summed E-state index contributed by atoms with van der Waals surface area (Å²) in [5, 5.41) is 0. The van der Waals surface area contributed by atoms with E-state index in [0.29, 0.717) is 5.82 Å². The number of hydrogen-bond acceptors (Lipinski definition) is 5. The van der Waals surface area contributed by atoms with Crippen LogP contribution in [0.4, 0.5) is 0 Å². The van der Waals surface area contributed by atoms with Crippen molar-refractivity contribution < 1.29 is 0 Å². The van der Waals surface area contributed by atoms with Crippen molar-refractivity contribution in [3.63, 3.8) is 0 Å². The first-order valence-corrected chi connectivity index (χ1v) is 8.58. The second-order valence-electron chi connectivity index (χ2n) is 6.68. The van der Waals surface area contributed by atoms with Gasteiger partial charge in [-0.25, -0.2) is 19.9 Å². The van der Waals surface area contributed by atoms with E-state index in [4.69, 9.17) is 4.98 Å². The van der Waals surface area contributed by atoms with Gasteiger partial charge >= 0.3 is 0 Å². The Morgan fingerprint density at radius 3 is 2.76 bits per heavy atom. The van der Waals surface area contributed by atoms with Crippen LogP contribution in [0.2, 0.25) is 0 Å². The molecule has 0 fully saturated rings. The van der Waals surface area contributed by atoms with E-state index in [1.165, 1.54) is 28.6 Å². The van der Waals surface area contributed by atoms with Gasteiger partial charge in [0, 0.05) is 50.2 Å². The number of aryl methyl sites for hydroxylation is 2. The summed E-state index contributed by atoms with van der Waals surface area (Å²) < 4.78 is 0. The average molecular weight is 331 g/mol. The number of benzene rings is 1. The summed E-state index contributed by atoms with van der Waals surface area (Å²) in [5.41, 5.74) is 7.30. The molecule has 0 spiro atoms. The molecule has 5 heteroatoms. The Bertz CT molecular complexity index is 892. The zero-order valence-corrected chi connectivity index (χ0v) is 14.6. The van der Waals surface area contributed by atoms with E-state index < -0.39 is 0 Å². The zero-order valence-electron chi connectivity index (χ0n) is 14.6. The van der Waals surface area contributed by atoms with Crippen LogP contribution in [0.25, 0.3) is 11.4 Å². The van der Waals surface area contributed by atoms with E-state index in [0.717, 1.165) is 37.3 Å². The van der Waals surface area contributed by atoms with Crippen LogP contribution in [0, 0.1) is 13.8 Å². The van der Waals surface area contributed by atoms with Gasteiger partial charge in [-0.2, -0.15) is 0 Å². The average Bonchev–Trinajstić information content (AvgIpc) is 2.65. The van der Waals surface area contributed by atoms with Crippen molar-refractivity contribution in [2.75, 3.05) is 6.54 Å². The third-order valence-electron chi connectivity index (χ3n) is 4.73. The molecule has 0 bridgehead atoms. The molecule has 0 aliphatic carbocycles. The first-order chi connectivity index (χ1) is 12.2. The van der Waals surface area contributed by atoms with Gasteiger partial charge < -0.3 is 0 Å². The third-order valence-corrected chi connectivity index (χ3v) is 4.73. The highest BCUT2D eigenvalue weighted by molar-refractivity contribution is 5.52. The fraction of sp³-hybridized carbons (Fsp3) is 0.300. The second kappa shape index (κ2) is 6.69. The molecule has 1 aromatic carbocycles. The van der Waals surface area contributed by atoms with E-state index in [2.05, 4.69) is 51.9 Å². The maximum Gasteiger partial charge on any atom is 0.162 e. The van der Waals surface area contributed by atoms with Crippen molar-refractivity contribution in [2.24, 2.45) is 0 Å². The molecule has 0 saturated carbocycles. The summed E-state index contributed by atoms with van der Waals surface area (Å²) in [6, 6.07) is 6.67. The van der Waals surface area contributed by atoms with Crippen LogP contribution in [0.15, 0.2) is 43.1 Å². The summed E-state index contributed by atoms with van der Waals surface area (Å²) in [6.45, 7) is 7.22. The predicted molar refractivity (Wildman–Crippen MR) is 96.8 cm³/mol. The molecule has 0 radical (unpaired) electrons. The molecule has 0 N–H and O–H groups in total. The lowest BCUT2D eigenvalue weighted by atomic mass is 10.0. The molecule has 0 atom stereocenters. The van der Waals surface area contributed by atoms with Crippen LogP contribution in [-0.2, 0) is 19.5 Å². The second-order valence-corrected chi connectivity index (χ2v) is 6.68. The minimum atomic E-state index is 0.710. The summed E-state index contributed by atoms with van der Waals surface area (Å²) in [4.78, 5) is 19.8. The number of fused-ring (bicyclic) bond motifs is 1. The smallest absolute Gasteiger partial charge is 0.162 e. The molecular formula is C20H21N5. The van der Waals surface area contributed by atoms with Crippen molar-refractivity contribution in [3.8, 4) is 11.4 Å². The molecule has 2 aromatic heterocycles. The Hall–Kier alpha value is -2.66. The van der Waals surface area contributed by atoms with Crippen LogP contribution in [-0.4, -0.2) is 31.4 Å².